The molecule has 1 aliphatic rings. The van der Waals surface area contributed by atoms with Crippen molar-refractivity contribution in [1.29, 1.82) is 0 Å². The Labute approximate surface area is 165 Å². The number of amides is 2. The first-order valence-electron chi connectivity index (χ1n) is 9.51. The summed E-state index contributed by atoms with van der Waals surface area (Å²) in [5, 5.41) is 15.7. The fraction of sp³-hybridized carbons (Fsp3) is 0.600. The van der Waals surface area contributed by atoms with Crippen molar-refractivity contribution in [2.24, 2.45) is 5.92 Å². The zero-order valence-corrected chi connectivity index (χ0v) is 16.5. The Morgan fingerprint density at radius 2 is 1.89 bits per heavy atom. The number of ether oxygens (including phenoxy) is 1. The van der Waals surface area contributed by atoms with Gasteiger partial charge >= 0.3 is 12.0 Å². The van der Waals surface area contributed by atoms with Crippen molar-refractivity contribution >= 4 is 23.6 Å². The van der Waals surface area contributed by atoms with E-state index in [9.17, 15) is 9.59 Å². The molecule has 27 heavy (non-hydrogen) atoms. The van der Waals surface area contributed by atoms with Gasteiger partial charge in [-0.15, -0.1) is 0 Å². The molecule has 0 spiro atoms. The van der Waals surface area contributed by atoms with E-state index < -0.39 is 5.97 Å². The lowest BCUT2D eigenvalue weighted by Crippen LogP contribution is -2.45. The van der Waals surface area contributed by atoms with Crippen LogP contribution >= 0.6 is 11.6 Å². The van der Waals surface area contributed by atoms with Gasteiger partial charge in [0.25, 0.3) is 0 Å². The molecule has 6 nitrogen and oxygen atoms in total. The topological polar surface area (TPSA) is 87.7 Å². The standard InChI is InChI=1S/C20H29ClN2O4/c1-27-12-2-3-16(14-4-8-17(21)9-5-14)13-22-20(26)23-18-10-6-15(7-11-18)19(24)25/h4-5,8-9,15-16,18H,2-3,6-7,10-13H2,1H3,(H,24,25)(H2,22,23,26). The van der Waals surface area contributed by atoms with Crippen molar-refractivity contribution in [1.82, 2.24) is 10.6 Å². The Kier molecular flexibility index (Phi) is 8.88. The highest BCUT2D eigenvalue weighted by molar-refractivity contribution is 6.30. The van der Waals surface area contributed by atoms with Crippen molar-refractivity contribution in [3.63, 3.8) is 0 Å². The van der Waals surface area contributed by atoms with Crippen LogP contribution in [-0.2, 0) is 9.53 Å². The summed E-state index contributed by atoms with van der Waals surface area (Å²) in [4.78, 5) is 23.3. The zero-order chi connectivity index (χ0) is 19.6. The summed E-state index contributed by atoms with van der Waals surface area (Å²) in [6.45, 7) is 1.21. The maximum Gasteiger partial charge on any atom is 0.315 e. The number of carbonyl (C=O) groups excluding carboxylic acids is 1. The van der Waals surface area contributed by atoms with Crippen LogP contribution in [0, 0.1) is 5.92 Å². The summed E-state index contributed by atoms with van der Waals surface area (Å²) in [5.41, 5.74) is 1.14. The summed E-state index contributed by atoms with van der Waals surface area (Å²) >= 11 is 5.97. The van der Waals surface area contributed by atoms with Crippen LogP contribution in [0.15, 0.2) is 24.3 Å². The molecule has 0 saturated heterocycles. The fourth-order valence-corrected chi connectivity index (χ4v) is 3.66. The number of carboxylic acid groups (broad SMARTS) is 1. The highest BCUT2D eigenvalue weighted by atomic mass is 35.5. The van der Waals surface area contributed by atoms with Crippen molar-refractivity contribution < 1.29 is 19.4 Å². The van der Waals surface area contributed by atoms with E-state index >= 15 is 0 Å². The van der Waals surface area contributed by atoms with E-state index in [1.54, 1.807) is 7.11 Å². The van der Waals surface area contributed by atoms with Crippen molar-refractivity contribution in [3.05, 3.63) is 34.9 Å². The van der Waals surface area contributed by atoms with Gasteiger partial charge < -0.3 is 20.5 Å². The number of methoxy groups -OCH3 is 1. The molecule has 1 aliphatic carbocycles. The predicted octanol–water partition coefficient (Wildman–Crippen LogP) is 3.79. The van der Waals surface area contributed by atoms with Crippen molar-refractivity contribution in [2.45, 2.75) is 50.5 Å². The Balaban J connectivity index is 1.81. The molecule has 1 fully saturated rings. The Hall–Kier alpha value is -1.79. The van der Waals surface area contributed by atoms with E-state index in [0.717, 1.165) is 18.4 Å². The van der Waals surface area contributed by atoms with Gasteiger partial charge in [0.05, 0.1) is 5.92 Å². The molecule has 0 aromatic heterocycles. The van der Waals surface area contributed by atoms with Crippen LogP contribution in [0.1, 0.15) is 50.0 Å². The molecule has 0 aliphatic heterocycles. The second kappa shape index (κ2) is 11.1. The second-order valence-corrected chi connectivity index (χ2v) is 7.56. The van der Waals surface area contributed by atoms with Crippen LogP contribution < -0.4 is 10.6 Å². The molecular weight excluding hydrogens is 368 g/mol. The average Bonchev–Trinajstić information content (AvgIpc) is 2.66. The lowest BCUT2D eigenvalue weighted by molar-refractivity contribution is -0.142. The minimum absolute atomic E-state index is 0.0445. The zero-order valence-electron chi connectivity index (χ0n) is 15.7. The van der Waals surface area contributed by atoms with Crippen molar-refractivity contribution in [3.8, 4) is 0 Å². The van der Waals surface area contributed by atoms with Gasteiger partial charge in [-0.3, -0.25) is 4.79 Å². The van der Waals surface area contributed by atoms with E-state index in [4.69, 9.17) is 21.4 Å². The summed E-state index contributed by atoms with van der Waals surface area (Å²) in [7, 11) is 1.68. The number of nitrogens with one attached hydrogen (secondary N) is 2. The first-order chi connectivity index (χ1) is 13.0. The van der Waals surface area contributed by atoms with E-state index in [1.807, 2.05) is 24.3 Å². The number of aliphatic carboxylic acids is 1. The van der Waals surface area contributed by atoms with Gasteiger partial charge in [0.15, 0.2) is 0 Å². The summed E-state index contributed by atoms with van der Waals surface area (Å²) in [6.07, 6.45) is 4.46. The summed E-state index contributed by atoms with van der Waals surface area (Å²) in [5.74, 6) is -0.827. The Morgan fingerprint density at radius 1 is 1.22 bits per heavy atom. The minimum Gasteiger partial charge on any atom is -0.481 e. The van der Waals surface area contributed by atoms with Crippen LogP contribution in [0.25, 0.3) is 0 Å². The van der Waals surface area contributed by atoms with Crippen LogP contribution in [0.5, 0.6) is 0 Å². The van der Waals surface area contributed by atoms with Gasteiger partial charge in [0.2, 0.25) is 0 Å². The third kappa shape index (κ3) is 7.39. The molecule has 1 unspecified atom stereocenters. The number of hydrogen-bond acceptors (Lipinski definition) is 3. The van der Waals surface area contributed by atoms with Gasteiger partial charge in [-0.1, -0.05) is 23.7 Å². The predicted molar refractivity (Wildman–Crippen MR) is 105 cm³/mol. The largest absolute Gasteiger partial charge is 0.481 e. The lowest BCUT2D eigenvalue weighted by atomic mass is 9.86. The first kappa shape index (κ1) is 21.5. The number of urea groups is 1. The number of benzene rings is 1. The maximum absolute atomic E-state index is 12.3. The molecule has 7 heteroatoms. The smallest absolute Gasteiger partial charge is 0.315 e. The number of halogens is 1. The Morgan fingerprint density at radius 3 is 2.48 bits per heavy atom. The molecule has 0 radical (unpaired) electrons. The molecule has 1 aromatic rings. The van der Waals surface area contributed by atoms with Gasteiger partial charge in [0, 0.05) is 37.2 Å². The number of rotatable bonds is 9. The van der Waals surface area contributed by atoms with Crippen LogP contribution in [-0.4, -0.2) is 43.4 Å². The number of carboxylic acids is 1. The molecule has 150 valence electrons. The van der Waals surface area contributed by atoms with E-state index in [-0.39, 0.29) is 23.9 Å². The molecule has 1 atom stereocenters. The van der Waals surface area contributed by atoms with Gasteiger partial charge in [-0.05, 0) is 56.2 Å². The third-order valence-electron chi connectivity index (χ3n) is 5.16. The van der Waals surface area contributed by atoms with Crippen LogP contribution in [0.3, 0.4) is 0 Å². The van der Waals surface area contributed by atoms with Crippen LogP contribution in [0.2, 0.25) is 5.02 Å². The van der Waals surface area contributed by atoms with E-state index in [0.29, 0.717) is 43.9 Å². The van der Waals surface area contributed by atoms with E-state index in [1.165, 1.54) is 0 Å². The SMILES string of the molecule is COCCCC(CNC(=O)NC1CCC(C(=O)O)CC1)c1ccc(Cl)cc1. The molecule has 0 bridgehead atoms. The minimum atomic E-state index is -0.736. The quantitative estimate of drug-likeness (QED) is 0.554. The summed E-state index contributed by atoms with van der Waals surface area (Å²) in [6, 6.07) is 7.56. The molecule has 2 rings (SSSR count). The molecule has 0 heterocycles. The molecule has 1 aromatic carbocycles. The normalized spacial score (nSPS) is 20.7. The van der Waals surface area contributed by atoms with Gasteiger partial charge in [-0.2, -0.15) is 0 Å². The fourth-order valence-electron chi connectivity index (χ4n) is 3.53. The molecule has 2 amide bonds. The first-order valence-corrected chi connectivity index (χ1v) is 9.89. The highest BCUT2D eigenvalue weighted by Crippen LogP contribution is 2.25. The highest BCUT2D eigenvalue weighted by Gasteiger charge is 2.26. The van der Waals surface area contributed by atoms with Crippen LogP contribution in [0.4, 0.5) is 4.79 Å². The van der Waals surface area contributed by atoms with Gasteiger partial charge in [-0.25, -0.2) is 4.79 Å². The number of hydrogen-bond donors (Lipinski definition) is 3. The maximum atomic E-state index is 12.3. The molecular formula is C20H29ClN2O4. The summed E-state index contributed by atoms with van der Waals surface area (Å²) < 4.78 is 5.14. The molecule has 3 N–H and O–H groups in total. The third-order valence-corrected chi connectivity index (χ3v) is 5.42. The Bertz CT molecular complexity index is 601. The van der Waals surface area contributed by atoms with E-state index in [2.05, 4.69) is 10.6 Å². The van der Waals surface area contributed by atoms with Gasteiger partial charge in [0.1, 0.15) is 0 Å². The monoisotopic (exact) mass is 396 g/mol. The van der Waals surface area contributed by atoms with Crippen molar-refractivity contribution in [2.75, 3.05) is 20.3 Å². The second-order valence-electron chi connectivity index (χ2n) is 7.12. The number of carbonyl (C=O) groups is 2. The molecule has 1 saturated carbocycles. The lowest BCUT2D eigenvalue weighted by Gasteiger charge is -2.27. The average molecular weight is 397 g/mol.